The SMILES string of the molecule is C#CCn1c(=NC(=O)c2cc(-c3ccccc3)on2)sc2c(OC)ccc(OC)c21. The third kappa shape index (κ3) is 3.47. The Balaban J connectivity index is 1.83. The standard InChI is InChI=1S/C22H17N3O4S/c1-4-12-25-19-16(27-2)10-11-17(28-3)20(19)30-22(25)23-21(26)15-13-18(29-24-15)14-8-6-5-7-9-14/h1,5-11,13H,12H2,2-3H3. The molecular formula is C22H17N3O4S. The first-order valence-electron chi connectivity index (χ1n) is 8.95. The average Bonchev–Trinajstić information content (AvgIpc) is 3.40. The Morgan fingerprint density at radius 2 is 1.93 bits per heavy atom. The summed E-state index contributed by atoms with van der Waals surface area (Å²) in [7, 11) is 3.15. The molecule has 0 saturated carbocycles. The highest BCUT2D eigenvalue weighted by Gasteiger charge is 2.18. The van der Waals surface area contributed by atoms with E-state index in [2.05, 4.69) is 16.1 Å². The fourth-order valence-corrected chi connectivity index (χ4v) is 4.17. The van der Waals surface area contributed by atoms with E-state index in [1.54, 1.807) is 37.0 Å². The molecular weight excluding hydrogens is 402 g/mol. The van der Waals surface area contributed by atoms with Crippen molar-refractivity contribution in [2.24, 2.45) is 4.99 Å². The van der Waals surface area contributed by atoms with Gasteiger partial charge in [-0.05, 0) is 12.1 Å². The van der Waals surface area contributed by atoms with Crippen molar-refractivity contribution in [1.82, 2.24) is 9.72 Å². The van der Waals surface area contributed by atoms with Gasteiger partial charge in [0, 0.05) is 11.6 Å². The van der Waals surface area contributed by atoms with Crippen molar-refractivity contribution in [2.45, 2.75) is 6.54 Å². The topological polar surface area (TPSA) is 78.9 Å². The summed E-state index contributed by atoms with van der Waals surface area (Å²) in [6, 6.07) is 14.6. The zero-order valence-electron chi connectivity index (χ0n) is 16.3. The third-order valence-corrected chi connectivity index (χ3v) is 5.52. The van der Waals surface area contributed by atoms with Gasteiger partial charge in [0.15, 0.2) is 16.3 Å². The van der Waals surface area contributed by atoms with Gasteiger partial charge in [-0.25, -0.2) is 0 Å². The van der Waals surface area contributed by atoms with Crippen LogP contribution < -0.4 is 14.3 Å². The van der Waals surface area contributed by atoms with Crippen molar-refractivity contribution in [1.29, 1.82) is 0 Å². The third-order valence-electron chi connectivity index (χ3n) is 4.43. The van der Waals surface area contributed by atoms with Crippen LogP contribution in [0, 0.1) is 12.3 Å². The van der Waals surface area contributed by atoms with E-state index in [1.165, 1.54) is 11.3 Å². The van der Waals surface area contributed by atoms with Crippen LogP contribution in [-0.4, -0.2) is 29.9 Å². The maximum atomic E-state index is 12.8. The van der Waals surface area contributed by atoms with Crippen LogP contribution in [0.4, 0.5) is 0 Å². The van der Waals surface area contributed by atoms with Crippen molar-refractivity contribution in [2.75, 3.05) is 14.2 Å². The van der Waals surface area contributed by atoms with E-state index in [1.807, 2.05) is 30.3 Å². The van der Waals surface area contributed by atoms with Gasteiger partial charge in [0.1, 0.15) is 21.7 Å². The summed E-state index contributed by atoms with van der Waals surface area (Å²) in [5.41, 5.74) is 1.65. The smallest absolute Gasteiger partial charge is 0.301 e. The van der Waals surface area contributed by atoms with E-state index in [0.29, 0.717) is 22.1 Å². The molecule has 0 N–H and O–H groups in total. The van der Waals surface area contributed by atoms with Crippen LogP contribution in [0.15, 0.2) is 58.0 Å². The van der Waals surface area contributed by atoms with Gasteiger partial charge in [0.05, 0.1) is 20.8 Å². The van der Waals surface area contributed by atoms with Crippen LogP contribution in [-0.2, 0) is 6.54 Å². The molecule has 0 aliphatic carbocycles. The number of fused-ring (bicyclic) bond motifs is 1. The van der Waals surface area contributed by atoms with E-state index in [-0.39, 0.29) is 12.2 Å². The van der Waals surface area contributed by atoms with Crippen LogP contribution in [0.1, 0.15) is 10.5 Å². The van der Waals surface area contributed by atoms with Gasteiger partial charge in [-0.2, -0.15) is 4.99 Å². The Morgan fingerprint density at radius 1 is 1.20 bits per heavy atom. The Hall–Kier alpha value is -3.83. The number of carbonyl (C=O) groups is 1. The first-order chi connectivity index (χ1) is 14.7. The minimum atomic E-state index is -0.531. The van der Waals surface area contributed by atoms with Gasteiger partial charge in [-0.1, -0.05) is 52.7 Å². The highest BCUT2D eigenvalue weighted by molar-refractivity contribution is 7.16. The highest BCUT2D eigenvalue weighted by Crippen LogP contribution is 2.35. The number of amides is 1. The second-order valence-corrected chi connectivity index (χ2v) is 7.16. The Morgan fingerprint density at radius 3 is 2.63 bits per heavy atom. The molecule has 30 heavy (non-hydrogen) atoms. The molecule has 2 aromatic heterocycles. The number of hydrogen-bond donors (Lipinski definition) is 0. The number of hydrogen-bond acceptors (Lipinski definition) is 6. The van der Waals surface area contributed by atoms with Gasteiger partial charge in [0.2, 0.25) is 0 Å². The number of methoxy groups -OCH3 is 2. The first kappa shape index (κ1) is 19.5. The van der Waals surface area contributed by atoms with Crippen molar-refractivity contribution in [3.63, 3.8) is 0 Å². The first-order valence-corrected chi connectivity index (χ1v) is 9.77. The monoisotopic (exact) mass is 419 g/mol. The van der Waals surface area contributed by atoms with Gasteiger partial charge in [-0.3, -0.25) is 4.79 Å². The molecule has 0 spiro atoms. The number of nitrogens with zero attached hydrogens (tertiary/aromatic N) is 3. The summed E-state index contributed by atoms with van der Waals surface area (Å²) in [6.07, 6.45) is 5.56. The molecule has 2 heterocycles. The van der Waals surface area contributed by atoms with Crippen molar-refractivity contribution < 1.29 is 18.8 Å². The number of carbonyl (C=O) groups excluding carboxylic acids is 1. The lowest BCUT2D eigenvalue weighted by atomic mass is 10.1. The normalized spacial score (nSPS) is 11.4. The van der Waals surface area contributed by atoms with Crippen molar-refractivity contribution in [3.05, 3.63) is 59.0 Å². The minimum Gasteiger partial charge on any atom is -0.495 e. The highest BCUT2D eigenvalue weighted by atomic mass is 32.1. The predicted molar refractivity (Wildman–Crippen MR) is 114 cm³/mol. The summed E-state index contributed by atoms with van der Waals surface area (Å²) >= 11 is 1.29. The van der Waals surface area contributed by atoms with Crippen molar-refractivity contribution >= 4 is 27.5 Å². The van der Waals surface area contributed by atoms with E-state index in [9.17, 15) is 4.79 Å². The molecule has 8 heteroatoms. The van der Waals surface area contributed by atoms with E-state index < -0.39 is 5.91 Å². The molecule has 0 aliphatic rings. The summed E-state index contributed by atoms with van der Waals surface area (Å²) in [4.78, 5) is 17.5. The number of ether oxygens (including phenoxy) is 2. The van der Waals surface area contributed by atoms with Crippen molar-refractivity contribution in [3.8, 4) is 35.2 Å². The van der Waals surface area contributed by atoms with Gasteiger partial charge in [0.25, 0.3) is 0 Å². The molecule has 7 nitrogen and oxygen atoms in total. The van der Waals surface area contributed by atoms with Crippen LogP contribution in [0.2, 0.25) is 0 Å². The molecule has 0 fully saturated rings. The molecule has 0 aliphatic heterocycles. The molecule has 0 unspecified atom stereocenters. The predicted octanol–water partition coefficient (Wildman–Crippen LogP) is 3.75. The lowest BCUT2D eigenvalue weighted by Gasteiger charge is -2.08. The number of aromatic nitrogens is 2. The molecule has 4 aromatic rings. The van der Waals surface area contributed by atoms with E-state index in [4.69, 9.17) is 20.4 Å². The van der Waals surface area contributed by atoms with Crippen LogP contribution in [0.5, 0.6) is 11.5 Å². The van der Waals surface area contributed by atoms with Crippen LogP contribution >= 0.6 is 11.3 Å². The lowest BCUT2D eigenvalue weighted by molar-refractivity contribution is 0.0989. The van der Waals surface area contributed by atoms with Crippen LogP contribution in [0.3, 0.4) is 0 Å². The molecule has 150 valence electrons. The molecule has 0 bridgehead atoms. The van der Waals surface area contributed by atoms with Crippen LogP contribution in [0.25, 0.3) is 21.5 Å². The molecule has 0 saturated heterocycles. The zero-order valence-corrected chi connectivity index (χ0v) is 17.1. The molecule has 1 amide bonds. The number of thiazole rings is 1. The minimum absolute atomic E-state index is 0.109. The quantitative estimate of drug-likeness (QED) is 0.461. The number of rotatable bonds is 5. The zero-order chi connectivity index (χ0) is 21.1. The maximum Gasteiger partial charge on any atom is 0.301 e. The average molecular weight is 419 g/mol. The lowest BCUT2D eigenvalue weighted by Crippen LogP contribution is -2.17. The Bertz CT molecular complexity index is 1330. The fourth-order valence-electron chi connectivity index (χ4n) is 3.04. The van der Waals surface area contributed by atoms with Gasteiger partial charge >= 0.3 is 5.91 Å². The summed E-state index contributed by atoms with van der Waals surface area (Å²) in [6.45, 7) is 0.212. The molecule has 0 atom stereocenters. The fraction of sp³-hybridized carbons (Fsp3) is 0.136. The largest absolute Gasteiger partial charge is 0.495 e. The maximum absolute atomic E-state index is 12.8. The second-order valence-electron chi connectivity index (χ2n) is 6.18. The second kappa shape index (κ2) is 8.27. The summed E-state index contributed by atoms with van der Waals surface area (Å²) < 4.78 is 18.8. The Labute approximate surface area is 176 Å². The number of terminal acetylenes is 1. The van der Waals surface area contributed by atoms with E-state index >= 15 is 0 Å². The molecule has 0 radical (unpaired) electrons. The van der Waals surface area contributed by atoms with Gasteiger partial charge in [-0.15, -0.1) is 6.42 Å². The summed E-state index contributed by atoms with van der Waals surface area (Å²) in [5.74, 6) is 3.81. The molecule has 2 aromatic carbocycles. The Kier molecular flexibility index (Phi) is 5.37. The molecule has 4 rings (SSSR count). The van der Waals surface area contributed by atoms with E-state index in [0.717, 1.165) is 15.8 Å². The number of benzene rings is 2. The van der Waals surface area contributed by atoms with Gasteiger partial charge < -0.3 is 18.6 Å². The summed E-state index contributed by atoms with van der Waals surface area (Å²) in [5, 5.41) is 3.87.